The number of amides is 1. The van der Waals surface area contributed by atoms with Crippen molar-refractivity contribution in [1.82, 2.24) is 20.5 Å². The summed E-state index contributed by atoms with van der Waals surface area (Å²) in [5.74, 6) is -0.296. The fraction of sp³-hybridized carbons (Fsp3) is 0.182. The van der Waals surface area contributed by atoms with Crippen molar-refractivity contribution >= 4 is 11.6 Å². The van der Waals surface area contributed by atoms with Crippen molar-refractivity contribution in [3.05, 3.63) is 41.5 Å². The zero-order chi connectivity index (χ0) is 12.3. The van der Waals surface area contributed by atoms with Gasteiger partial charge in [0.15, 0.2) is 5.69 Å². The van der Waals surface area contributed by atoms with E-state index in [0.29, 0.717) is 17.9 Å². The monoisotopic (exact) mass is 231 g/mol. The molecule has 2 aromatic rings. The van der Waals surface area contributed by atoms with Crippen molar-refractivity contribution < 1.29 is 4.79 Å². The second-order valence-electron chi connectivity index (χ2n) is 3.65. The molecule has 0 atom stereocenters. The number of nitrogens with one attached hydrogen (secondary N) is 2. The maximum absolute atomic E-state index is 11.8. The van der Waals surface area contributed by atoms with Crippen LogP contribution in [0.15, 0.2) is 24.5 Å². The number of hydrogen-bond acceptors (Lipinski definition) is 4. The molecule has 2 rings (SSSR count). The van der Waals surface area contributed by atoms with E-state index < -0.39 is 0 Å². The summed E-state index contributed by atoms with van der Waals surface area (Å²) in [6, 6.07) is 3.70. The maximum Gasteiger partial charge on any atom is 0.274 e. The summed E-state index contributed by atoms with van der Waals surface area (Å²) in [5.41, 5.74) is 7.93. The summed E-state index contributed by atoms with van der Waals surface area (Å²) in [6.07, 6.45) is 3.37. The Morgan fingerprint density at radius 3 is 3.00 bits per heavy atom. The molecule has 1 amide bonds. The Hall–Kier alpha value is -2.37. The molecule has 0 aromatic carbocycles. The quantitative estimate of drug-likeness (QED) is 0.721. The molecule has 0 fully saturated rings. The van der Waals surface area contributed by atoms with Gasteiger partial charge in [0.2, 0.25) is 0 Å². The Balaban J connectivity index is 2.01. The van der Waals surface area contributed by atoms with Crippen molar-refractivity contribution in [3.8, 4) is 0 Å². The van der Waals surface area contributed by atoms with Gasteiger partial charge in [-0.25, -0.2) is 0 Å². The molecule has 2 heterocycles. The second-order valence-corrected chi connectivity index (χ2v) is 3.65. The third-order valence-electron chi connectivity index (χ3n) is 2.39. The normalized spacial score (nSPS) is 10.2. The van der Waals surface area contributed by atoms with Gasteiger partial charge in [-0.15, -0.1) is 0 Å². The predicted molar refractivity (Wildman–Crippen MR) is 63.1 cm³/mol. The van der Waals surface area contributed by atoms with E-state index in [0.717, 1.165) is 5.56 Å². The number of pyridine rings is 1. The van der Waals surface area contributed by atoms with E-state index in [1.54, 1.807) is 19.3 Å². The standard InChI is InChI=1S/C11H13N5O/c1-7-9(12)10(16-15-7)11(17)14-6-8-3-2-4-13-5-8/h2-5H,6,12H2,1H3,(H,14,17)(H,15,16). The molecule has 0 unspecified atom stereocenters. The Bertz CT molecular complexity index is 520. The summed E-state index contributed by atoms with van der Waals surface area (Å²) < 4.78 is 0. The third-order valence-corrected chi connectivity index (χ3v) is 2.39. The van der Waals surface area contributed by atoms with Crippen LogP contribution in [0.2, 0.25) is 0 Å². The lowest BCUT2D eigenvalue weighted by atomic mass is 10.2. The summed E-state index contributed by atoms with van der Waals surface area (Å²) in [5, 5.41) is 9.25. The van der Waals surface area contributed by atoms with Gasteiger partial charge in [0.25, 0.3) is 5.91 Å². The molecule has 17 heavy (non-hydrogen) atoms. The number of aromatic amines is 1. The van der Waals surface area contributed by atoms with Crippen LogP contribution in [-0.4, -0.2) is 21.1 Å². The van der Waals surface area contributed by atoms with E-state index >= 15 is 0 Å². The highest BCUT2D eigenvalue weighted by atomic mass is 16.1. The van der Waals surface area contributed by atoms with Gasteiger partial charge in [-0.05, 0) is 18.6 Å². The Morgan fingerprint density at radius 2 is 2.41 bits per heavy atom. The SMILES string of the molecule is Cc1[nH]nc(C(=O)NCc2cccnc2)c1N. The minimum Gasteiger partial charge on any atom is -0.395 e. The van der Waals surface area contributed by atoms with Crippen LogP contribution in [0.1, 0.15) is 21.7 Å². The molecule has 88 valence electrons. The average molecular weight is 231 g/mol. The number of H-pyrrole nitrogens is 1. The molecule has 0 bridgehead atoms. The minimum absolute atomic E-state index is 0.228. The lowest BCUT2D eigenvalue weighted by Gasteiger charge is -2.03. The molecular weight excluding hydrogens is 218 g/mol. The van der Waals surface area contributed by atoms with Crippen LogP contribution in [0, 0.1) is 6.92 Å². The van der Waals surface area contributed by atoms with Crippen molar-refractivity contribution in [3.63, 3.8) is 0 Å². The highest BCUT2D eigenvalue weighted by Gasteiger charge is 2.14. The summed E-state index contributed by atoms with van der Waals surface area (Å²) in [7, 11) is 0. The fourth-order valence-electron chi connectivity index (χ4n) is 1.38. The van der Waals surface area contributed by atoms with Crippen LogP contribution in [-0.2, 0) is 6.54 Å². The molecule has 4 N–H and O–H groups in total. The van der Waals surface area contributed by atoms with Crippen molar-refractivity contribution in [2.75, 3.05) is 5.73 Å². The van der Waals surface area contributed by atoms with Gasteiger partial charge < -0.3 is 11.1 Å². The number of aryl methyl sites for hydroxylation is 1. The zero-order valence-corrected chi connectivity index (χ0v) is 9.40. The second kappa shape index (κ2) is 4.65. The molecule has 6 nitrogen and oxygen atoms in total. The number of carbonyl (C=O) groups is 1. The smallest absolute Gasteiger partial charge is 0.274 e. The number of rotatable bonds is 3. The molecule has 2 aromatic heterocycles. The Labute approximate surface area is 98.3 Å². The van der Waals surface area contributed by atoms with Gasteiger partial charge in [-0.2, -0.15) is 5.10 Å². The minimum atomic E-state index is -0.296. The van der Waals surface area contributed by atoms with Gasteiger partial charge in [0.1, 0.15) is 0 Å². The number of nitrogens with zero attached hydrogens (tertiary/aromatic N) is 2. The molecule has 0 spiro atoms. The van der Waals surface area contributed by atoms with E-state index in [9.17, 15) is 4.79 Å². The highest BCUT2D eigenvalue weighted by Crippen LogP contribution is 2.12. The lowest BCUT2D eigenvalue weighted by molar-refractivity contribution is 0.0947. The molecule has 0 saturated carbocycles. The molecular formula is C11H13N5O. The largest absolute Gasteiger partial charge is 0.395 e. The summed E-state index contributed by atoms with van der Waals surface area (Å²) in [6.45, 7) is 2.16. The van der Waals surface area contributed by atoms with Crippen molar-refractivity contribution in [2.45, 2.75) is 13.5 Å². The van der Waals surface area contributed by atoms with Crippen LogP contribution >= 0.6 is 0 Å². The summed E-state index contributed by atoms with van der Waals surface area (Å²) >= 11 is 0. The topological polar surface area (TPSA) is 96.7 Å². The van der Waals surface area contributed by atoms with E-state index in [1.807, 2.05) is 12.1 Å². The van der Waals surface area contributed by atoms with Crippen LogP contribution in [0.3, 0.4) is 0 Å². The number of nitrogens with two attached hydrogens (primary N) is 1. The molecule has 0 radical (unpaired) electrons. The maximum atomic E-state index is 11.8. The predicted octanol–water partition coefficient (Wildman–Crippen LogP) is 0.625. The molecule has 0 saturated heterocycles. The number of carbonyl (C=O) groups excluding carboxylic acids is 1. The van der Waals surface area contributed by atoms with E-state index in [1.165, 1.54) is 0 Å². The first-order valence-electron chi connectivity index (χ1n) is 5.16. The van der Waals surface area contributed by atoms with E-state index in [4.69, 9.17) is 5.73 Å². The van der Waals surface area contributed by atoms with Gasteiger partial charge in [0.05, 0.1) is 11.4 Å². The Morgan fingerprint density at radius 1 is 1.59 bits per heavy atom. The number of hydrogen-bond donors (Lipinski definition) is 3. The Kier molecular flexibility index (Phi) is 3.04. The molecule has 6 heteroatoms. The zero-order valence-electron chi connectivity index (χ0n) is 9.40. The average Bonchev–Trinajstić information content (AvgIpc) is 2.69. The first-order chi connectivity index (χ1) is 8.18. The molecule has 0 aliphatic heterocycles. The van der Waals surface area contributed by atoms with Crippen LogP contribution in [0.25, 0.3) is 0 Å². The number of anilines is 1. The van der Waals surface area contributed by atoms with E-state index in [2.05, 4.69) is 20.5 Å². The van der Waals surface area contributed by atoms with Gasteiger partial charge in [-0.3, -0.25) is 14.9 Å². The first kappa shape index (κ1) is 11.1. The third kappa shape index (κ3) is 2.41. The van der Waals surface area contributed by atoms with Gasteiger partial charge >= 0.3 is 0 Å². The van der Waals surface area contributed by atoms with Crippen LogP contribution < -0.4 is 11.1 Å². The van der Waals surface area contributed by atoms with Gasteiger partial charge in [-0.1, -0.05) is 6.07 Å². The van der Waals surface area contributed by atoms with Crippen LogP contribution in [0.4, 0.5) is 5.69 Å². The molecule has 0 aliphatic rings. The summed E-state index contributed by atoms with van der Waals surface area (Å²) in [4.78, 5) is 15.7. The highest BCUT2D eigenvalue weighted by molar-refractivity contribution is 5.97. The van der Waals surface area contributed by atoms with Crippen molar-refractivity contribution in [1.29, 1.82) is 0 Å². The van der Waals surface area contributed by atoms with Gasteiger partial charge in [0, 0.05) is 18.9 Å². The van der Waals surface area contributed by atoms with Crippen molar-refractivity contribution in [2.24, 2.45) is 0 Å². The van der Waals surface area contributed by atoms with Crippen LogP contribution in [0.5, 0.6) is 0 Å². The van der Waals surface area contributed by atoms with E-state index in [-0.39, 0.29) is 11.6 Å². The number of aromatic nitrogens is 3. The fourth-order valence-corrected chi connectivity index (χ4v) is 1.38. The number of nitrogen functional groups attached to an aromatic ring is 1. The first-order valence-corrected chi connectivity index (χ1v) is 5.16. The molecule has 0 aliphatic carbocycles. The lowest BCUT2D eigenvalue weighted by Crippen LogP contribution is -2.24.